The molecule has 0 atom stereocenters. The Labute approximate surface area is 107 Å². The summed E-state index contributed by atoms with van der Waals surface area (Å²) >= 11 is 3.24. The minimum absolute atomic E-state index is 0.0630. The van der Waals surface area contributed by atoms with Gasteiger partial charge in [-0.25, -0.2) is 8.42 Å². The van der Waals surface area contributed by atoms with Crippen LogP contribution in [0.15, 0.2) is 17.0 Å². The normalized spacial score (nSPS) is 11.2. The summed E-state index contributed by atoms with van der Waals surface area (Å²) in [5.41, 5.74) is 0.603. The van der Waals surface area contributed by atoms with Gasteiger partial charge in [-0.1, -0.05) is 15.9 Å². The van der Waals surface area contributed by atoms with Gasteiger partial charge in [-0.3, -0.25) is 0 Å². The number of hydrogen-bond acceptors (Lipinski definition) is 4. The van der Waals surface area contributed by atoms with Crippen LogP contribution in [0.25, 0.3) is 0 Å². The molecule has 90 valence electrons. The Morgan fingerprint density at radius 1 is 1.31 bits per heavy atom. The Morgan fingerprint density at radius 3 is 2.31 bits per heavy atom. The second-order valence-electron chi connectivity index (χ2n) is 2.85. The van der Waals surface area contributed by atoms with Crippen LogP contribution in [-0.4, -0.2) is 22.6 Å². The predicted molar refractivity (Wildman–Crippen MR) is 65.2 cm³/mol. The zero-order chi connectivity index (χ0) is 12.3. The maximum Gasteiger partial charge on any atom is 0.264 e. The van der Waals surface area contributed by atoms with Crippen LogP contribution in [0.3, 0.4) is 0 Å². The molecule has 0 bridgehead atoms. The first-order chi connectivity index (χ1) is 7.45. The molecule has 0 amide bonds. The zero-order valence-electron chi connectivity index (χ0n) is 8.66. The third-order valence-corrected chi connectivity index (χ3v) is 3.91. The van der Waals surface area contributed by atoms with E-state index in [-0.39, 0.29) is 10.6 Å². The number of halogens is 2. The van der Waals surface area contributed by atoms with Crippen LogP contribution in [-0.2, 0) is 14.4 Å². The number of methoxy groups -OCH3 is 2. The molecule has 0 aliphatic carbocycles. The van der Waals surface area contributed by atoms with E-state index in [0.717, 1.165) is 0 Å². The van der Waals surface area contributed by atoms with Crippen molar-refractivity contribution < 1.29 is 17.9 Å². The molecule has 0 heterocycles. The van der Waals surface area contributed by atoms with Crippen molar-refractivity contribution in [2.75, 3.05) is 14.2 Å². The van der Waals surface area contributed by atoms with Gasteiger partial charge in [0, 0.05) is 21.6 Å². The summed E-state index contributed by atoms with van der Waals surface area (Å²) in [6.45, 7) is 0. The lowest BCUT2D eigenvalue weighted by atomic mass is 10.2. The first-order valence-corrected chi connectivity index (χ1v) is 7.63. The molecular formula is C9H10BrClO4S. The fourth-order valence-corrected chi connectivity index (χ4v) is 2.88. The summed E-state index contributed by atoms with van der Waals surface area (Å²) in [5, 5.41) is 0.402. The van der Waals surface area contributed by atoms with Gasteiger partial charge in [-0.2, -0.15) is 0 Å². The Kier molecular flexibility index (Phi) is 4.46. The largest absolute Gasteiger partial charge is 0.496 e. The van der Waals surface area contributed by atoms with Crippen molar-refractivity contribution in [2.45, 2.75) is 10.2 Å². The maximum atomic E-state index is 11.3. The van der Waals surface area contributed by atoms with Gasteiger partial charge in [-0.15, -0.1) is 0 Å². The molecule has 0 saturated carbocycles. The van der Waals surface area contributed by atoms with E-state index in [0.29, 0.717) is 16.6 Å². The molecule has 0 aliphatic rings. The highest BCUT2D eigenvalue weighted by Crippen LogP contribution is 2.37. The number of rotatable bonds is 4. The molecule has 0 aliphatic heterocycles. The van der Waals surface area contributed by atoms with Crippen LogP contribution in [0.2, 0.25) is 0 Å². The topological polar surface area (TPSA) is 52.6 Å². The van der Waals surface area contributed by atoms with E-state index in [4.69, 9.17) is 20.2 Å². The van der Waals surface area contributed by atoms with Gasteiger partial charge in [0.2, 0.25) is 0 Å². The SMILES string of the molecule is COc1ccc(S(=O)(=O)Cl)c(OC)c1CBr. The van der Waals surface area contributed by atoms with Crippen molar-refractivity contribution in [1.29, 1.82) is 0 Å². The first-order valence-electron chi connectivity index (χ1n) is 4.20. The highest BCUT2D eigenvalue weighted by atomic mass is 79.9. The van der Waals surface area contributed by atoms with Gasteiger partial charge in [0.25, 0.3) is 9.05 Å². The summed E-state index contributed by atoms with van der Waals surface area (Å²) in [6.07, 6.45) is 0. The summed E-state index contributed by atoms with van der Waals surface area (Å²) in [6, 6.07) is 2.89. The Morgan fingerprint density at radius 2 is 1.94 bits per heavy atom. The molecule has 1 aromatic carbocycles. The fourth-order valence-electron chi connectivity index (χ4n) is 1.32. The van der Waals surface area contributed by atoms with Crippen LogP contribution in [0.5, 0.6) is 11.5 Å². The van der Waals surface area contributed by atoms with E-state index in [9.17, 15) is 8.42 Å². The van der Waals surface area contributed by atoms with E-state index in [1.807, 2.05) is 0 Å². The molecule has 0 radical (unpaired) electrons. The van der Waals surface area contributed by atoms with Crippen molar-refractivity contribution in [3.05, 3.63) is 17.7 Å². The van der Waals surface area contributed by atoms with Crippen LogP contribution in [0.1, 0.15) is 5.56 Å². The van der Waals surface area contributed by atoms with E-state index >= 15 is 0 Å². The lowest BCUT2D eigenvalue weighted by Gasteiger charge is -2.13. The minimum Gasteiger partial charge on any atom is -0.496 e. The van der Waals surface area contributed by atoms with Crippen molar-refractivity contribution in [2.24, 2.45) is 0 Å². The summed E-state index contributed by atoms with van der Waals surface area (Å²) in [5.74, 6) is 0.740. The average Bonchev–Trinajstić information content (AvgIpc) is 2.25. The molecule has 0 unspecified atom stereocenters. The van der Waals surface area contributed by atoms with E-state index < -0.39 is 9.05 Å². The Balaban J connectivity index is 3.56. The molecule has 1 rings (SSSR count). The Hall–Kier alpha value is -0.460. The molecule has 0 aromatic heterocycles. The van der Waals surface area contributed by atoms with Crippen molar-refractivity contribution in [3.63, 3.8) is 0 Å². The summed E-state index contributed by atoms with van der Waals surface area (Å²) < 4.78 is 32.8. The zero-order valence-corrected chi connectivity index (χ0v) is 11.8. The summed E-state index contributed by atoms with van der Waals surface area (Å²) in [7, 11) is 4.35. The second kappa shape index (κ2) is 5.25. The lowest BCUT2D eigenvalue weighted by molar-refractivity contribution is 0.380. The van der Waals surface area contributed by atoms with Gasteiger partial charge in [0.05, 0.1) is 14.2 Å². The molecule has 0 saturated heterocycles. The molecular weight excluding hydrogens is 320 g/mol. The predicted octanol–water partition coefficient (Wildman–Crippen LogP) is 2.53. The third-order valence-electron chi connectivity index (χ3n) is 2.00. The van der Waals surface area contributed by atoms with E-state index in [2.05, 4.69) is 15.9 Å². The average molecular weight is 330 g/mol. The highest BCUT2D eigenvalue weighted by Gasteiger charge is 2.21. The maximum absolute atomic E-state index is 11.3. The van der Waals surface area contributed by atoms with Crippen LogP contribution >= 0.6 is 26.6 Å². The molecule has 0 N–H and O–H groups in total. The fraction of sp³-hybridized carbons (Fsp3) is 0.333. The smallest absolute Gasteiger partial charge is 0.264 e. The standard InChI is InChI=1S/C9H10BrClO4S/c1-14-7-3-4-8(16(11,12)13)9(15-2)6(7)5-10/h3-4H,5H2,1-2H3. The van der Waals surface area contributed by atoms with Gasteiger partial charge in [0.1, 0.15) is 16.4 Å². The quantitative estimate of drug-likeness (QED) is 0.629. The highest BCUT2D eigenvalue weighted by molar-refractivity contribution is 9.08. The minimum atomic E-state index is -3.83. The molecule has 1 aromatic rings. The number of alkyl halides is 1. The lowest BCUT2D eigenvalue weighted by Crippen LogP contribution is -2.01. The van der Waals surface area contributed by atoms with Crippen molar-refractivity contribution >= 4 is 35.7 Å². The van der Waals surface area contributed by atoms with Crippen LogP contribution in [0, 0.1) is 0 Å². The third kappa shape index (κ3) is 2.61. The van der Waals surface area contributed by atoms with E-state index in [1.54, 1.807) is 0 Å². The first kappa shape index (κ1) is 13.6. The van der Waals surface area contributed by atoms with Gasteiger partial charge in [-0.05, 0) is 12.1 Å². The monoisotopic (exact) mass is 328 g/mol. The Bertz CT molecular complexity index is 487. The van der Waals surface area contributed by atoms with Crippen LogP contribution < -0.4 is 9.47 Å². The van der Waals surface area contributed by atoms with Gasteiger partial charge >= 0.3 is 0 Å². The number of ether oxygens (including phenoxy) is 2. The number of hydrogen-bond donors (Lipinski definition) is 0. The molecule has 0 fully saturated rings. The number of benzene rings is 1. The van der Waals surface area contributed by atoms with Crippen molar-refractivity contribution in [3.8, 4) is 11.5 Å². The van der Waals surface area contributed by atoms with Gasteiger partial charge in [0.15, 0.2) is 0 Å². The van der Waals surface area contributed by atoms with E-state index in [1.165, 1.54) is 26.4 Å². The van der Waals surface area contributed by atoms with Gasteiger partial charge < -0.3 is 9.47 Å². The molecule has 7 heteroatoms. The summed E-state index contributed by atoms with van der Waals surface area (Å²) in [4.78, 5) is -0.0630. The molecule has 16 heavy (non-hydrogen) atoms. The second-order valence-corrected chi connectivity index (χ2v) is 5.94. The van der Waals surface area contributed by atoms with Crippen molar-refractivity contribution in [1.82, 2.24) is 0 Å². The molecule has 0 spiro atoms. The van der Waals surface area contributed by atoms with Crippen LogP contribution in [0.4, 0.5) is 0 Å². The molecule has 4 nitrogen and oxygen atoms in total.